The number of para-hydroxylation sites is 1. The fraction of sp³-hybridized carbons (Fsp3) is 0.286. The van der Waals surface area contributed by atoms with Crippen LogP contribution in [0.2, 0.25) is 0 Å². The van der Waals surface area contributed by atoms with Crippen LogP contribution in [0.3, 0.4) is 0 Å². The Morgan fingerprint density at radius 3 is 2.21 bits per heavy atom. The maximum Gasteiger partial charge on any atom is 0.306 e. The van der Waals surface area contributed by atoms with E-state index in [1.165, 1.54) is 0 Å². The fourth-order valence-electron chi connectivity index (χ4n) is 2.52. The summed E-state index contributed by atoms with van der Waals surface area (Å²) in [6.45, 7) is 1.37. The molecular weight excluding hydrogens is 368 g/mol. The van der Waals surface area contributed by atoms with Gasteiger partial charge in [-0.2, -0.15) is 0 Å². The maximum atomic E-state index is 13.4. The van der Waals surface area contributed by atoms with Gasteiger partial charge in [-0.3, -0.25) is 14.4 Å². The van der Waals surface area contributed by atoms with Gasteiger partial charge in [0, 0.05) is 12.0 Å². The number of carbonyl (C=O) groups excluding carboxylic acids is 3. The van der Waals surface area contributed by atoms with Crippen molar-refractivity contribution in [3.63, 3.8) is 0 Å². The summed E-state index contributed by atoms with van der Waals surface area (Å²) in [5.74, 6) is -3.71. The van der Waals surface area contributed by atoms with E-state index >= 15 is 0 Å². The maximum absolute atomic E-state index is 13.4. The van der Waals surface area contributed by atoms with Gasteiger partial charge in [-0.05, 0) is 24.1 Å². The number of Topliss-reactive ketones (excluding diaryl/α,β-unsaturated/α-hetero) is 1. The van der Waals surface area contributed by atoms with Gasteiger partial charge >= 0.3 is 5.97 Å². The zero-order valence-electron chi connectivity index (χ0n) is 15.5. The number of ether oxygens (including phenoxy) is 1. The average Bonchev–Trinajstić information content (AvgIpc) is 2.68. The molecule has 0 spiro atoms. The lowest BCUT2D eigenvalue weighted by atomic mass is 10.0. The van der Waals surface area contributed by atoms with Crippen molar-refractivity contribution >= 4 is 23.3 Å². The number of hydrogen-bond acceptors (Lipinski definition) is 4. The van der Waals surface area contributed by atoms with Gasteiger partial charge in [0.1, 0.15) is 17.3 Å². The molecule has 7 heteroatoms. The standard InChI is InChI=1S/C21H21F2NO4/c1-2-4-14-7-9-15(10-8-14)18(25)11-12-20(27)28-13-19(26)24-21-16(22)5-3-6-17(21)23/h3,5-10H,2,4,11-13H2,1H3,(H,24,26). The molecule has 0 bridgehead atoms. The minimum absolute atomic E-state index is 0.0600. The van der Waals surface area contributed by atoms with Crippen LogP contribution in [0.25, 0.3) is 0 Å². The van der Waals surface area contributed by atoms with Crippen molar-refractivity contribution in [1.29, 1.82) is 0 Å². The first-order chi connectivity index (χ1) is 13.4. The van der Waals surface area contributed by atoms with Crippen molar-refractivity contribution in [2.24, 2.45) is 0 Å². The zero-order chi connectivity index (χ0) is 20.5. The van der Waals surface area contributed by atoms with E-state index in [0.29, 0.717) is 5.56 Å². The van der Waals surface area contributed by atoms with Gasteiger partial charge in [-0.15, -0.1) is 0 Å². The second kappa shape index (κ2) is 10.3. The number of hydrogen-bond donors (Lipinski definition) is 1. The van der Waals surface area contributed by atoms with Gasteiger partial charge < -0.3 is 10.1 Å². The van der Waals surface area contributed by atoms with Crippen LogP contribution in [-0.2, 0) is 20.7 Å². The summed E-state index contributed by atoms with van der Waals surface area (Å²) in [5, 5.41) is 2.01. The topological polar surface area (TPSA) is 72.5 Å². The molecule has 0 radical (unpaired) electrons. The van der Waals surface area contributed by atoms with E-state index in [4.69, 9.17) is 4.74 Å². The molecule has 0 atom stereocenters. The number of ketones is 1. The molecule has 148 valence electrons. The SMILES string of the molecule is CCCc1ccc(C(=O)CCC(=O)OCC(=O)Nc2c(F)cccc2F)cc1. The molecule has 0 aliphatic rings. The van der Waals surface area contributed by atoms with Crippen molar-refractivity contribution < 1.29 is 27.9 Å². The Morgan fingerprint density at radius 2 is 1.61 bits per heavy atom. The van der Waals surface area contributed by atoms with Gasteiger partial charge in [0.15, 0.2) is 12.4 Å². The largest absolute Gasteiger partial charge is 0.456 e. The van der Waals surface area contributed by atoms with Crippen molar-refractivity contribution in [1.82, 2.24) is 0 Å². The van der Waals surface area contributed by atoms with Crippen LogP contribution in [0.1, 0.15) is 42.1 Å². The number of esters is 1. The van der Waals surface area contributed by atoms with Crippen LogP contribution in [0.4, 0.5) is 14.5 Å². The molecule has 0 unspecified atom stereocenters. The van der Waals surface area contributed by atoms with Crippen LogP contribution in [0, 0.1) is 11.6 Å². The highest BCUT2D eigenvalue weighted by atomic mass is 19.1. The minimum atomic E-state index is -0.935. The molecular formula is C21H21F2NO4. The monoisotopic (exact) mass is 389 g/mol. The Balaban J connectivity index is 1.76. The Bertz CT molecular complexity index is 830. The zero-order valence-corrected chi connectivity index (χ0v) is 15.5. The first-order valence-corrected chi connectivity index (χ1v) is 8.92. The molecule has 0 saturated heterocycles. The van der Waals surface area contributed by atoms with Gasteiger partial charge in [0.2, 0.25) is 0 Å². The second-order valence-corrected chi connectivity index (χ2v) is 6.18. The number of aryl methyl sites for hydroxylation is 1. The van der Waals surface area contributed by atoms with Crippen LogP contribution >= 0.6 is 0 Å². The number of anilines is 1. The van der Waals surface area contributed by atoms with Crippen LogP contribution in [0.15, 0.2) is 42.5 Å². The van der Waals surface area contributed by atoms with E-state index in [1.807, 2.05) is 17.4 Å². The third-order valence-corrected chi connectivity index (χ3v) is 3.96. The van der Waals surface area contributed by atoms with Gasteiger partial charge in [-0.25, -0.2) is 8.78 Å². The number of carbonyl (C=O) groups is 3. The fourth-order valence-corrected chi connectivity index (χ4v) is 2.52. The molecule has 1 amide bonds. The van der Waals surface area contributed by atoms with E-state index in [-0.39, 0.29) is 18.6 Å². The highest BCUT2D eigenvalue weighted by Gasteiger charge is 2.15. The van der Waals surface area contributed by atoms with Crippen LogP contribution in [-0.4, -0.2) is 24.3 Å². The highest BCUT2D eigenvalue weighted by Crippen LogP contribution is 2.17. The van der Waals surface area contributed by atoms with Gasteiger partial charge in [-0.1, -0.05) is 43.7 Å². The molecule has 2 aromatic carbocycles. The Labute approximate surface area is 161 Å². The van der Waals surface area contributed by atoms with E-state index < -0.39 is 35.8 Å². The molecule has 5 nitrogen and oxygen atoms in total. The lowest BCUT2D eigenvalue weighted by Gasteiger charge is -2.08. The van der Waals surface area contributed by atoms with Crippen molar-refractivity contribution in [2.45, 2.75) is 32.6 Å². The van der Waals surface area contributed by atoms with E-state index in [2.05, 4.69) is 6.92 Å². The van der Waals surface area contributed by atoms with Crippen LogP contribution in [0.5, 0.6) is 0 Å². The molecule has 0 saturated carbocycles. The van der Waals surface area contributed by atoms with Crippen molar-refractivity contribution in [3.05, 3.63) is 65.2 Å². The molecule has 28 heavy (non-hydrogen) atoms. The predicted molar refractivity (Wildman–Crippen MR) is 99.9 cm³/mol. The quantitative estimate of drug-likeness (QED) is 0.519. The lowest BCUT2D eigenvalue weighted by molar-refractivity contribution is -0.147. The summed E-state index contributed by atoms with van der Waals surface area (Å²) in [7, 11) is 0. The molecule has 2 rings (SSSR count). The molecule has 0 aliphatic heterocycles. The third kappa shape index (κ3) is 6.26. The predicted octanol–water partition coefficient (Wildman–Crippen LogP) is 4.06. The first-order valence-electron chi connectivity index (χ1n) is 8.92. The minimum Gasteiger partial charge on any atom is -0.456 e. The normalized spacial score (nSPS) is 10.4. The smallest absolute Gasteiger partial charge is 0.306 e. The number of benzene rings is 2. The van der Waals surface area contributed by atoms with Crippen LogP contribution < -0.4 is 5.32 Å². The number of amides is 1. The number of halogens is 2. The first kappa shape index (κ1) is 21.2. The summed E-state index contributed by atoms with van der Waals surface area (Å²) >= 11 is 0. The number of rotatable bonds is 9. The second-order valence-electron chi connectivity index (χ2n) is 6.18. The Kier molecular flexibility index (Phi) is 7.80. The molecule has 0 fully saturated rings. The molecule has 0 aromatic heterocycles. The summed E-state index contributed by atoms with van der Waals surface area (Å²) in [6.07, 6.45) is 1.68. The van der Waals surface area contributed by atoms with E-state index in [1.54, 1.807) is 12.1 Å². The Hall–Kier alpha value is -3.09. The van der Waals surface area contributed by atoms with Gasteiger partial charge in [0.05, 0.1) is 6.42 Å². The molecule has 1 N–H and O–H groups in total. The van der Waals surface area contributed by atoms with Crippen molar-refractivity contribution in [2.75, 3.05) is 11.9 Å². The van der Waals surface area contributed by atoms with E-state index in [0.717, 1.165) is 36.6 Å². The lowest BCUT2D eigenvalue weighted by Crippen LogP contribution is -2.22. The number of nitrogens with one attached hydrogen (secondary N) is 1. The van der Waals surface area contributed by atoms with E-state index in [9.17, 15) is 23.2 Å². The highest BCUT2D eigenvalue weighted by molar-refractivity contribution is 5.98. The molecule has 2 aromatic rings. The summed E-state index contributed by atoms with van der Waals surface area (Å²) in [6, 6.07) is 10.3. The Morgan fingerprint density at radius 1 is 0.964 bits per heavy atom. The summed E-state index contributed by atoms with van der Waals surface area (Å²) in [5.41, 5.74) is 1.03. The average molecular weight is 389 g/mol. The molecule has 0 heterocycles. The summed E-state index contributed by atoms with van der Waals surface area (Å²) < 4.78 is 31.6. The summed E-state index contributed by atoms with van der Waals surface area (Å²) in [4.78, 5) is 35.5. The third-order valence-electron chi connectivity index (χ3n) is 3.96. The molecule has 0 aliphatic carbocycles. The van der Waals surface area contributed by atoms with Gasteiger partial charge in [0.25, 0.3) is 5.91 Å². The van der Waals surface area contributed by atoms with Crippen molar-refractivity contribution in [3.8, 4) is 0 Å².